The van der Waals surface area contributed by atoms with Crippen LogP contribution in [0.2, 0.25) is 5.02 Å². The van der Waals surface area contributed by atoms with Gasteiger partial charge in [0.05, 0.1) is 5.56 Å². The Morgan fingerprint density at radius 1 is 1.53 bits per heavy atom. The summed E-state index contributed by atoms with van der Waals surface area (Å²) in [4.78, 5) is 15.8. The van der Waals surface area contributed by atoms with Crippen LogP contribution in [0.3, 0.4) is 0 Å². The van der Waals surface area contributed by atoms with Crippen molar-refractivity contribution >= 4 is 17.5 Å². The zero-order chi connectivity index (χ0) is 13.8. The molecule has 0 saturated carbocycles. The molecule has 1 aromatic carbocycles. The Morgan fingerprint density at radius 2 is 2.32 bits per heavy atom. The predicted molar refractivity (Wildman–Crippen MR) is 68.5 cm³/mol. The molecule has 0 bridgehead atoms. The van der Waals surface area contributed by atoms with Crippen molar-refractivity contribution in [1.29, 1.82) is 0 Å². The molecule has 2 aromatic rings. The molecule has 0 radical (unpaired) electrons. The first-order chi connectivity index (χ1) is 9.06. The van der Waals surface area contributed by atoms with Crippen LogP contribution in [0.4, 0.5) is 4.39 Å². The van der Waals surface area contributed by atoms with Gasteiger partial charge < -0.3 is 5.32 Å². The van der Waals surface area contributed by atoms with Crippen LogP contribution in [0.15, 0.2) is 24.5 Å². The quantitative estimate of drug-likeness (QED) is 0.926. The van der Waals surface area contributed by atoms with Gasteiger partial charge in [0.25, 0.3) is 5.91 Å². The van der Waals surface area contributed by atoms with Gasteiger partial charge >= 0.3 is 0 Å². The van der Waals surface area contributed by atoms with Crippen molar-refractivity contribution in [3.63, 3.8) is 0 Å². The van der Waals surface area contributed by atoms with E-state index in [2.05, 4.69) is 15.4 Å². The van der Waals surface area contributed by atoms with Gasteiger partial charge in [-0.2, -0.15) is 5.10 Å². The van der Waals surface area contributed by atoms with Gasteiger partial charge in [0.1, 0.15) is 12.1 Å². The second-order valence-electron chi connectivity index (χ2n) is 3.96. The van der Waals surface area contributed by atoms with E-state index in [-0.39, 0.29) is 5.56 Å². The number of carbonyl (C=O) groups excluding carboxylic acids is 1. The molecule has 100 valence electrons. The molecule has 0 aliphatic rings. The lowest BCUT2D eigenvalue weighted by molar-refractivity contribution is 0.0950. The maximum atomic E-state index is 13.4. The van der Waals surface area contributed by atoms with E-state index in [4.69, 9.17) is 11.6 Å². The van der Waals surface area contributed by atoms with E-state index in [1.54, 1.807) is 18.1 Å². The highest BCUT2D eigenvalue weighted by atomic mass is 35.5. The molecular formula is C12H12ClFN4O. The topological polar surface area (TPSA) is 59.8 Å². The number of rotatable bonds is 4. The molecule has 0 unspecified atom stereocenters. The fourth-order valence-electron chi connectivity index (χ4n) is 1.55. The number of hydrogen-bond acceptors (Lipinski definition) is 3. The van der Waals surface area contributed by atoms with Crippen molar-refractivity contribution in [3.8, 4) is 0 Å². The molecular weight excluding hydrogens is 271 g/mol. The highest BCUT2D eigenvalue weighted by Crippen LogP contribution is 2.14. The smallest absolute Gasteiger partial charge is 0.254 e. The number of benzene rings is 1. The summed E-state index contributed by atoms with van der Waals surface area (Å²) in [7, 11) is 1.76. The van der Waals surface area contributed by atoms with Gasteiger partial charge in [-0.15, -0.1) is 0 Å². The average Bonchev–Trinajstić information content (AvgIpc) is 2.78. The molecule has 0 atom stereocenters. The Hall–Kier alpha value is -1.95. The van der Waals surface area contributed by atoms with Crippen molar-refractivity contribution in [2.45, 2.75) is 6.42 Å². The molecule has 5 nitrogen and oxygen atoms in total. The highest BCUT2D eigenvalue weighted by molar-refractivity contribution is 6.30. The van der Waals surface area contributed by atoms with Gasteiger partial charge in [-0.1, -0.05) is 11.6 Å². The van der Waals surface area contributed by atoms with Crippen LogP contribution in [0.5, 0.6) is 0 Å². The van der Waals surface area contributed by atoms with Crippen LogP contribution in [0.25, 0.3) is 0 Å². The molecule has 7 heteroatoms. The standard InChI is InChI=1S/C12H12ClFN4O/c1-18-7-16-11(17-18)4-5-15-12(19)9-6-8(13)2-3-10(9)14/h2-3,6-7H,4-5H2,1H3,(H,15,19). The lowest BCUT2D eigenvalue weighted by Crippen LogP contribution is -2.26. The number of nitrogens with one attached hydrogen (secondary N) is 1. The molecule has 0 aliphatic heterocycles. The van der Waals surface area contributed by atoms with Crippen LogP contribution < -0.4 is 5.32 Å². The van der Waals surface area contributed by atoms with Gasteiger partial charge in [0, 0.05) is 25.0 Å². The summed E-state index contributed by atoms with van der Waals surface area (Å²) >= 11 is 5.72. The maximum Gasteiger partial charge on any atom is 0.254 e. The summed E-state index contributed by atoms with van der Waals surface area (Å²) in [5, 5.41) is 6.99. The van der Waals surface area contributed by atoms with Crippen LogP contribution in [-0.4, -0.2) is 27.2 Å². The second kappa shape index (κ2) is 5.79. The normalized spacial score (nSPS) is 10.5. The molecule has 0 spiro atoms. The van der Waals surface area contributed by atoms with E-state index in [9.17, 15) is 9.18 Å². The zero-order valence-corrected chi connectivity index (χ0v) is 11.0. The van der Waals surface area contributed by atoms with Crippen LogP contribution in [0, 0.1) is 5.82 Å². The lowest BCUT2D eigenvalue weighted by atomic mass is 10.2. The monoisotopic (exact) mass is 282 g/mol. The van der Waals surface area contributed by atoms with Crippen molar-refractivity contribution in [2.75, 3.05) is 6.54 Å². The Morgan fingerprint density at radius 3 is 3.00 bits per heavy atom. The second-order valence-corrected chi connectivity index (χ2v) is 4.40. The van der Waals surface area contributed by atoms with Gasteiger partial charge in [0.2, 0.25) is 0 Å². The number of hydrogen-bond donors (Lipinski definition) is 1. The first-order valence-corrected chi connectivity index (χ1v) is 6.02. The molecule has 1 aromatic heterocycles. The van der Waals surface area contributed by atoms with Gasteiger partial charge in [-0.05, 0) is 18.2 Å². The van der Waals surface area contributed by atoms with E-state index in [1.165, 1.54) is 12.1 Å². The lowest BCUT2D eigenvalue weighted by Gasteiger charge is -2.05. The van der Waals surface area contributed by atoms with Crippen molar-refractivity contribution in [3.05, 3.63) is 46.8 Å². The number of aromatic nitrogens is 3. The summed E-state index contributed by atoms with van der Waals surface area (Å²) in [6.45, 7) is 0.328. The van der Waals surface area contributed by atoms with Crippen LogP contribution in [0.1, 0.15) is 16.2 Å². The third-order valence-corrected chi connectivity index (χ3v) is 2.69. The summed E-state index contributed by atoms with van der Waals surface area (Å²) in [5.41, 5.74) is -0.0681. The SMILES string of the molecule is Cn1cnc(CCNC(=O)c2cc(Cl)ccc2F)n1. The molecule has 19 heavy (non-hydrogen) atoms. The van der Waals surface area contributed by atoms with E-state index >= 15 is 0 Å². The average molecular weight is 283 g/mol. The fraction of sp³-hybridized carbons (Fsp3) is 0.250. The number of aryl methyl sites for hydroxylation is 1. The first kappa shape index (κ1) is 13.5. The van der Waals surface area contributed by atoms with Crippen molar-refractivity contribution < 1.29 is 9.18 Å². The number of amides is 1. The van der Waals surface area contributed by atoms with E-state index in [1.807, 2.05) is 0 Å². The van der Waals surface area contributed by atoms with Crippen LogP contribution >= 0.6 is 11.6 Å². The Kier molecular flexibility index (Phi) is 4.11. The van der Waals surface area contributed by atoms with Crippen molar-refractivity contribution in [2.24, 2.45) is 7.05 Å². The molecule has 0 fully saturated rings. The fourth-order valence-corrected chi connectivity index (χ4v) is 1.73. The molecule has 2 rings (SSSR count). The summed E-state index contributed by atoms with van der Waals surface area (Å²) < 4.78 is 15.0. The van der Waals surface area contributed by atoms with Gasteiger partial charge in [-0.25, -0.2) is 9.37 Å². The molecule has 1 amide bonds. The molecule has 1 N–H and O–H groups in total. The van der Waals surface area contributed by atoms with E-state index in [0.717, 1.165) is 6.07 Å². The largest absolute Gasteiger partial charge is 0.351 e. The van der Waals surface area contributed by atoms with Gasteiger partial charge in [-0.3, -0.25) is 9.48 Å². The number of carbonyl (C=O) groups is 1. The van der Waals surface area contributed by atoms with Crippen molar-refractivity contribution in [1.82, 2.24) is 20.1 Å². The third kappa shape index (κ3) is 3.51. The predicted octanol–water partition coefficient (Wildman–Crippen LogP) is 1.58. The van der Waals surface area contributed by atoms with Crippen LogP contribution in [-0.2, 0) is 13.5 Å². The van der Waals surface area contributed by atoms with E-state index < -0.39 is 11.7 Å². The Labute approximate surface area is 114 Å². The highest BCUT2D eigenvalue weighted by Gasteiger charge is 2.12. The molecule has 0 aliphatic carbocycles. The maximum absolute atomic E-state index is 13.4. The number of halogens is 2. The minimum Gasteiger partial charge on any atom is -0.351 e. The Balaban J connectivity index is 1.92. The summed E-state index contributed by atoms with van der Waals surface area (Å²) in [5.74, 6) is -0.483. The third-order valence-electron chi connectivity index (χ3n) is 2.45. The van der Waals surface area contributed by atoms with Gasteiger partial charge in [0.15, 0.2) is 5.82 Å². The minimum atomic E-state index is -0.599. The Bertz CT molecular complexity index is 599. The summed E-state index contributed by atoms with van der Waals surface area (Å²) in [6.07, 6.45) is 2.06. The molecule has 1 heterocycles. The molecule has 0 saturated heterocycles. The zero-order valence-electron chi connectivity index (χ0n) is 10.2. The first-order valence-electron chi connectivity index (χ1n) is 5.64. The van der Waals surface area contributed by atoms with E-state index in [0.29, 0.717) is 23.8 Å². The summed E-state index contributed by atoms with van der Waals surface area (Å²) in [6, 6.07) is 3.86. The minimum absolute atomic E-state index is 0.0681. The number of nitrogens with zero attached hydrogens (tertiary/aromatic N) is 3.